The fraction of sp³-hybridized carbons (Fsp3) is 0.259. The Balaban J connectivity index is 1.34. The minimum absolute atomic E-state index is 0.188. The van der Waals surface area contributed by atoms with Gasteiger partial charge in [0.15, 0.2) is 5.82 Å². The molecule has 1 unspecified atom stereocenters. The van der Waals surface area contributed by atoms with Crippen molar-refractivity contribution in [2.45, 2.75) is 42.8 Å². The molecule has 4 N–H and O–H groups in total. The number of phenols is 1. The lowest BCUT2D eigenvalue weighted by atomic mass is 9.93. The quantitative estimate of drug-likeness (QED) is 0.202. The number of aromatic amines is 1. The minimum Gasteiger partial charge on any atom is -0.603 e. The van der Waals surface area contributed by atoms with Gasteiger partial charge in [0.05, 0.1) is 16.7 Å². The first-order chi connectivity index (χ1) is 18.0. The summed E-state index contributed by atoms with van der Waals surface area (Å²) >= 11 is -1.62. The molecular formula is C27H29N5O5S. The van der Waals surface area contributed by atoms with Gasteiger partial charge in [-0.15, -0.1) is 0 Å². The van der Waals surface area contributed by atoms with Crippen molar-refractivity contribution in [3.05, 3.63) is 59.9 Å². The van der Waals surface area contributed by atoms with Crippen LogP contribution < -0.4 is 10.6 Å². The van der Waals surface area contributed by atoms with Gasteiger partial charge in [-0.25, -0.2) is 4.79 Å². The molecule has 0 bridgehead atoms. The van der Waals surface area contributed by atoms with Crippen LogP contribution in [0.5, 0.6) is 5.75 Å². The van der Waals surface area contributed by atoms with Gasteiger partial charge in [0.1, 0.15) is 17.1 Å². The molecule has 0 radical (unpaired) electrons. The molecule has 11 heteroatoms. The van der Waals surface area contributed by atoms with Gasteiger partial charge >= 0.3 is 11.1 Å². The summed E-state index contributed by atoms with van der Waals surface area (Å²) in [4.78, 5) is 17.6. The summed E-state index contributed by atoms with van der Waals surface area (Å²) in [6.45, 7) is 6.51. The van der Waals surface area contributed by atoms with Crippen molar-refractivity contribution in [2.24, 2.45) is 0 Å². The number of benzene rings is 2. The van der Waals surface area contributed by atoms with E-state index in [2.05, 4.69) is 20.8 Å². The number of aromatic hydroxyl groups is 1. The van der Waals surface area contributed by atoms with E-state index < -0.39 is 17.2 Å². The summed E-state index contributed by atoms with van der Waals surface area (Å²) in [6.07, 6.45) is 0. The Morgan fingerprint density at radius 2 is 1.92 bits per heavy atom. The maximum atomic E-state index is 13.4. The number of urea groups is 1. The smallest absolute Gasteiger partial charge is 0.324 e. The van der Waals surface area contributed by atoms with Gasteiger partial charge in [0.25, 0.3) is 0 Å². The SMILES string of the molecule is CN(C)Cc1c(O)ccc2[nH]c([S+]([O-])c3cc4cc(NC(=O)Nc5cc(C(C)(C)C)on5)ccc4o3)cc12. The zero-order chi connectivity index (χ0) is 27.2. The Morgan fingerprint density at radius 3 is 2.63 bits per heavy atom. The minimum atomic E-state index is -1.62. The fourth-order valence-electron chi connectivity index (χ4n) is 4.07. The lowest BCUT2D eigenvalue weighted by molar-refractivity contribution is 0.262. The summed E-state index contributed by atoms with van der Waals surface area (Å²) < 4.78 is 24.5. The van der Waals surface area contributed by atoms with Gasteiger partial charge in [-0.1, -0.05) is 25.9 Å². The number of hydrogen-bond donors (Lipinski definition) is 4. The summed E-state index contributed by atoms with van der Waals surface area (Å²) in [5, 5.41) is 21.9. The molecule has 5 aromatic rings. The number of hydrogen-bond acceptors (Lipinski definition) is 7. The molecule has 5 rings (SSSR count). The molecule has 2 aromatic carbocycles. The standard InChI is InChI=1S/C27H29N5O5S/c1-27(2,3)22-13-23(31-37-22)30-26(34)28-16-6-9-21-15(10-16)11-25(36-21)38(35)24-12-17-18(14-32(4)5)20(33)8-7-19(17)29-24/h6-13,29,33H,14H2,1-5H3,(H2,28,30,31,34). The predicted octanol–water partition coefficient (Wildman–Crippen LogP) is 5.78. The van der Waals surface area contributed by atoms with Gasteiger partial charge in [-0.3, -0.25) is 5.32 Å². The first kappa shape index (κ1) is 25.7. The lowest BCUT2D eigenvalue weighted by Crippen LogP contribution is -2.19. The number of amides is 2. The molecule has 0 aliphatic carbocycles. The predicted molar refractivity (Wildman–Crippen MR) is 146 cm³/mol. The van der Waals surface area contributed by atoms with E-state index in [9.17, 15) is 14.5 Å². The number of nitrogens with one attached hydrogen (secondary N) is 3. The van der Waals surface area contributed by atoms with Crippen LogP contribution in [0.3, 0.4) is 0 Å². The average molecular weight is 536 g/mol. The summed E-state index contributed by atoms with van der Waals surface area (Å²) in [5.41, 5.74) is 2.37. The molecule has 3 aromatic heterocycles. The molecule has 0 aliphatic rings. The zero-order valence-electron chi connectivity index (χ0n) is 21.7. The fourth-order valence-corrected chi connectivity index (χ4v) is 5.12. The number of phenolic OH excluding ortho intramolecular Hbond substituents is 1. The number of fused-ring (bicyclic) bond motifs is 2. The number of carbonyl (C=O) groups is 1. The van der Waals surface area contributed by atoms with Crippen LogP contribution in [0.25, 0.3) is 21.9 Å². The molecule has 2 amide bonds. The van der Waals surface area contributed by atoms with Gasteiger partial charge < -0.3 is 33.8 Å². The molecule has 0 fully saturated rings. The topological polar surface area (TPSA) is 143 Å². The van der Waals surface area contributed by atoms with Crippen LogP contribution in [-0.2, 0) is 23.1 Å². The van der Waals surface area contributed by atoms with Crippen molar-refractivity contribution in [3.63, 3.8) is 0 Å². The highest BCUT2D eigenvalue weighted by atomic mass is 32.2. The number of nitrogens with zero attached hydrogens (tertiary/aromatic N) is 2. The highest BCUT2D eigenvalue weighted by molar-refractivity contribution is 7.91. The van der Waals surface area contributed by atoms with Crippen LogP contribution in [0, 0.1) is 0 Å². The average Bonchev–Trinajstić information content (AvgIpc) is 3.57. The van der Waals surface area contributed by atoms with E-state index in [4.69, 9.17) is 8.94 Å². The highest BCUT2D eigenvalue weighted by Crippen LogP contribution is 2.34. The molecule has 0 saturated carbocycles. The number of carbonyl (C=O) groups excluding carboxylic acids is 1. The molecule has 1 atom stereocenters. The summed E-state index contributed by atoms with van der Waals surface area (Å²) in [5.74, 6) is 1.16. The molecule has 0 aliphatic heterocycles. The molecule has 0 saturated heterocycles. The number of aromatic nitrogens is 2. The first-order valence-corrected chi connectivity index (χ1v) is 13.1. The maximum Gasteiger partial charge on any atom is 0.324 e. The number of anilines is 2. The van der Waals surface area contributed by atoms with Crippen LogP contribution in [0.4, 0.5) is 16.3 Å². The van der Waals surface area contributed by atoms with Gasteiger partial charge in [0, 0.05) is 52.2 Å². The Bertz CT molecular complexity index is 1630. The second-order valence-electron chi connectivity index (χ2n) is 10.4. The van der Waals surface area contributed by atoms with E-state index in [0.29, 0.717) is 39.8 Å². The van der Waals surface area contributed by atoms with Crippen molar-refractivity contribution in [1.29, 1.82) is 0 Å². The molecule has 3 heterocycles. The molecule has 10 nitrogen and oxygen atoms in total. The Kier molecular flexibility index (Phi) is 6.59. The summed E-state index contributed by atoms with van der Waals surface area (Å²) in [7, 11) is 3.84. The maximum absolute atomic E-state index is 13.4. The molecule has 0 spiro atoms. The largest absolute Gasteiger partial charge is 0.603 e. The van der Waals surface area contributed by atoms with Crippen molar-refractivity contribution in [3.8, 4) is 5.75 Å². The van der Waals surface area contributed by atoms with Crippen LogP contribution in [0.1, 0.15) is 32.1 Å². The van der Waals surface area contributed by atoms with Gasteiger partial charge in [-0.2, -0.15) is 0 Å². The Hall–Kier alpha value is -3.93. The second kappa shape index (κ2) is 9.75. The summed E-state index contributed by atoms with van der Waals surface area (Å²) in [6, 6.07) is 13.2. The normalized spacial score (nSPS) is 12.9. The number of H-pyrrole nitrogens is 1. The lowest BCUT2D eigenvalue weighted by Gasteiger charge is -2.12. The van der Waals surface area contributed by atoms with Crippen molar-refractivity contribution in [2.75, 3.05) is 24.7 Å². The van der Waals surface area contributed by atoms with Crippen LogP contribution >= 0.6 is 0 Å². The van der Waals surface area contributed by atoms with Crippen molar-refractivity contribution in [1.82, 2.24) is 15.0 Å². The molecule has 198 valence electrons. The zero-order valence-corrected chi connectivity index (χ0v) is 22.5. The van der Waals surface area contributed by atoms with Crippen molar-refractivity contribution < 1.29 is 23.4 Å². The first-order valence-electron chi connectivity index (χ1n) is 12.0. The van der Waals surface area contributed by atoms with Crippen molar-refractivity contribution >= 4 is 50.6 Å². The van der Waals surface area contributed by atoms with Crippen LogP contribution in [0.15, 0.2) is 67.6 Å². The van der Waals surface area contributed by atoms with Gasteiger partial charge in [-0.05, 0) is 44.4 Å². The third kappa shape index (κ3) is 5.21. The highest BCUT2D eigenvalue weighted by Gasteiger charge is 2.25. The number of rotatable bonds is 6. The molecular weight excluding hydrogens is 506 g/mol. The van der Waals surface area contributed by atoms with E-state index >= 15 is 0 Å². The third-order valence-electron chi connectivity index (χ3n) is 5.96. The van der Waals surface area contributed by atoms with Gasteiger partial charge in [0.2, 0.25) is 5.03 Å². The van der Waals surface area contributed by atoms with E-state index in [0.717, 1.165) is 16.5 Å². The third-order valence-corrected chi connectivity index (χ3v) is 7.15. The van der Waals surface area contributed by atoms with Crippen LogP contribution in [-0.4, -0.2) is 44.8 Å². The molecule has 38 heavy (non-hydrogen) atoms. The second-order valence-corrected chi connectivity index (χ2v) is 11.8. The Morgan fingerprint density at radius 1 is 1.13 bits per heavy atom. The van der Waals surface area contributed by atoms with E-state index in [1.807, 2.05) is 39.8 Å². The van der Waals surface area contributed by atoms with Crippen LogP contribution in [0.2, 0.25) is 0 Å². The van der Waals surface area contributed by atoms with E-state index in [1.165, 1.54) is 0 Å². The van der Waals surface area contributed by atoms with E-state index in [1.54, 1.807) is 48.5 Å². The Labute approximate surface area is 222 Å². The number of furan rings is 1. The van der Waals surface area contributed by atoms with E-state index in [-0.39, 0.29) is 16.3 Å². The monoisotopic (exact) mass is 535 g/mol.